The smallest absolute Gasteiger partial charge is 0.326 e. The number of carboxylic acids is 1. The van der Waals surface area contributed by atoms with Gasteiger partial charge in [-0.25, -0.2) is 4.79 Å². The van der Waals surface area contributed by atoms with Crippen LogP contribution in [0.5, 0.6) is 0 Å². The van der Waals surface area contributed by atoms with Crippen LogP contribution >= 0.6 is 0 Å². The van der Waals surface area contributed by atoms with Gasteiger partial charge >= 0.3 is 5.97 Å². The number of aryl methyl sites for hydroxylation is 1. The molecular formula is C17H29N3O3. The summed E-state index contributed by atoms with van der Waals surface area (Å²) in [6.07, 6.45) is 0.587. The van der Waals surface area contributed by atoms with E-state index in [1.807, 2.05) is 32.4 Å². The topological polar surface area (TPSA) is 84.2 Å². The lowest BCUT2D eigenvalue weighted by Gasteiger charge is -2.16. The molecule has 1 unspecified atom stereocenters. The summed E-state index contributed by atoms with van der Waals surface area (Å²) in [5, 5.41) is 16.3. The Bertz CT molecular complexity index is 562. The van der Waals surface area contributed by atoms with Gasteiger partial charge in [-0.05, 0) is 32.1 Å². The van der Waals surface area contributed by atoms with Crippen molar-refractivity contribution >= 4 is 11.9 Å². The Morgan fingerprint density at radius 2 is 1.78 bits per heavy atom. The molecule has 130 valence electrons. The highest BCUT2D eigenvalue weighted by Crippen LogP contribution is 2.15. The van der Waals surface area contributed by atoms with E-state index in [9.17, 15) is 14.7 Å². The minimum absolute atomic E-state index is 0.164. The lowest BCUT2D eigenvalue weighted by Crippen LogP contribution is -2.42. The van der Waals surface area contributed by atoms with E-state index in [1.165, 1.54) is 0 Å². The largest absolute Gasteiger partial charge is 0.480 e. The number of nitrogens with one attached hydrogen (secondary N) is 1. The molecule has 1 rings (SSSR count). The predicted octanol–water partition coefficient (Wildman–Crippen LogP) is 2.31. The Morgan fingerprint density at radius 3 is 2.26 bits per heavy atom. The van der Waals surface area contributed by atoms with Crippen LogP contribution in [0.1, 0.15) is 51.1 Å². The summed E-state index contributed by atoms with van der Waals surface area (Å²) in [5.41, 5.74) is 2.69. The number of amides is 1. The highest BCUT2D eigenvalue weighted by molar-refractivity contribution is 5.85. The first kappa shape index (κ1) is 19.2. The molecule has 6 nitrogen and oxygen atoms in total. The lowest BCUT2D eigenvalue weighted by molar-refractivity contribution is -0.142. The van der Waals surface area contributed by atoms with Crippen LogP contribution in [-0.4, -0.2) is 32.8 Å². The number of aliphatic carboxylic acids is 1. The molecule has 2 N–H and O–H groups in total. The monoisotopic (exact) mass is 323 g/mol. The van der Waals surface area contributed by atoms with Crippen LogP contribution in [0.3, 0.4) is 0 Å². The van der Waals surface area contributed by atoms with Gasteiger partial charge in [0.15, 0.2) is 0 Å². The maximum Gasteiger partial charge on any atom is 0.326 e. The van der Waals surface area contributed by atoms with E-state index in [-0.39, 0.29) is 18.2 Å². The molecule has 0 fully saturated rings. The summed E-state index contributed by atoms with van der Waals surface area (Å²) in [5.74, 6) is -0.588. The van der Waals surface area contributed by atoms with Crippen molar-refractivity contribution in [3.05, 3.63) is 17.0 Å². The van der Waals surface area contributed by atoms with E-state index < -0.39 is 12.0 Å². The Labute approximate surface area is 138 Å². The Morgan fingerprint density at radius 1 is 1.17 bits per heavy atom. The zero-order chi connectivity index (χ0) is 17.7. The third-order valence-corrected chi connectivity index (χ3v) is 3.75. The number of hydrogen-bond donors (Lipinski definition) is 2. The van der Waals surface area contributed by atoms with Gasteiger partial charge in [-0.3, -0.25) is 9.48 Å². The van der Waals surface area contributed by atoms with E-state index in [2.05, 4.69) is 24.3 Å². The van der Waals surface area contributed by atoms with Crippen molar-refractivity contribution in [3.63, 3.8) is 0 Å². The summed E-state index contributed by atoms with van der Waals surface area (Å²) in [6, 6.07) is -0.839. The maximum atomic E-state index is 12.2. The van der Waals surface area contributed by atoms with Crippen molar-refractivity contribution in [2.45, 2.75) is 67.0 Å². The van der Waals surface area contributed by atoms with E-state index in [1.54, 1.807) is 0 Å². The van der Waals surface area contributed by atoms with Crippen molar-refractivity contribution < 1.29 is 14.7 Å². The fraction of sp³-hybridized carbons (Fsp3) is 0.706. The van der Waals surface area contributed by atoms with Crippen LogP contribution in [0.4, 0.5) is 0 Å². The Hall–Kier alpha value is -1.85. The number of carbonyl (C=O) groups is 2. The zero-order valence-electron chi connectivity index (χ0n) is 15.0. The molecule has 0 aliphatic rings. The van der Waals surface area contributed by atoms with Crippen molar-refractivity contribution in [1.82, 2.24) is 15.1 Å². The zero-order valence-corrected chi connectivity index (χ0v) is 15.0. The van der Waals surface area contributed by atoms with E-state index in [0.717, 1.165) is 23.5 Å². The number of aromatic nitrogens is 2. The van der Waals surface area contributed by atoms with Gasteiger partial charge in [0.2, 0.25) is 5.91 Å². The average molecular weight is 323 g/mol. The van der Waals surface area contributed by atoms with Crippen LogP contribution in [0, 0.1) is 25.7 Å². The third-order valence-electron chi connectivity index (χ3n) is 3.75. The van der Waals surface area contributed by atoms with Crippen molar-refractivity contribution in [3.8, 4) is 0 Å². The number of rotatable bonds is 8. The molecule has 1 atom stereocenters. The molecule has 0 spiro atoms. The first-order chi connectivity index (χ1) is 10.6. The molecule has 0 bridgehead atoms. The molecule has 0 aliphatic carbocycles. The number of hydrogen-bond acceptors (Lipinski definition) is 3. The van der Waals surface area contributed by atoms with Gasteiger partial charge in [-0.15, -0.1) is 0 Å². The van der Waals surface area contributed by atoms with Gasteiger partial charge in [-0.1, -0.05) is 27.7 Å². The van der Waals surface area contributed by atoms with Gasteiger partial charge in [-0.2, -0.15) is 5.10 Å². The van der Waals surface area contributed by atoms with Gasteiger partial charge < -0.3 is 10.4 Å². The van der Waals surface area contributed by atoms with Crippen LogP contribution in [0.15, 0.2) is 0 Å². The summed E-state index contributed by atoms with van der Waals surface area (Å²) in [6.45, 7) is 12.7. The minimum atomic E-state index is -0.990. The molecule has 6 heteroatoms. The van der Waals surface area contributed by atoms with Gasteiger partial charge in [0.25, 0.3) is 0 Å². The van der Waals surface area contributed by atoms with Gasteiger partial charge in [0, 0.05) is 17.8 Å². The minimum Gasteiger partial charge on any atom is -0.480 e. The summed E-state index contributed by atoms with van der Waals surface area (Å²) in [7, 11) is 0. The van der Waals surface area contributed by atoms with E-state index >= 15 is 0 Å². The molecule has 0 aromatic carbocycles. The molecule has 1 aromatic rings. The maximum absolute atomic E-state index is 12.2. The van der Waals surface area contributed by atoms with Gasteiger partial charge in [0.1, 0.15) is 6.04 Å². The number of nitrogens with zero attached hydrogens (tertiary/aromatic N) is 2. The van der Waals surface area contributed by atoms with Gasteiger partial charge in [0.05, 0.1) is 12.1 Å². The Kier molecular flexibility index (Phi) is 6.79. The third kappa shape index (κ3) is 5.69. The Balaban J connectivity index is 2.81. The summed E-state index contributed by atoms with van der Waals surface area (Å²) < 4.78 is 1.92. The molecule has 0 saturated heterocycles. The molecule has 0 saturated carbocycles. The fourth-order valence-corrected chi connectivity index (χ4v) is 2.61. The van der Waals surface area contributed by atoms with E-state index in [0.29, 0.717) is 12.3 Å². The molecule has 23 heavy (non-hydrogen) atoms. The quantitative estimate of drug-likeness (QED) is 0.769. The molecular weight excluding hydrogens is 294 g/mol. The highest BCUT2D eigenvalue weighted by atomic mass is 16.4. The second-order valence-corrected chi connectivity index (χ2v) is 6.99. The van der Waals surface area contributed by atoms with Crippen molar-refractivity contribution in [2.75, 3.05) is 0 Å². The molecule has 1 aromatic heterocycles. The molecule has 1 amide bonds. The summed E-state index contributed by atoms with van der Waals surface area (Å²) in [4.78, 5) is 23.5. The lowest BCUT2D eigenvalue weighted by atomic mass is 10.0. The highest BCUT2D eigenvalue weighted by Gasteiger charge is 2.22. The SMILES string of the molecule is Cc1nn(CC(C)C)c(C)c1CC(=O)NC(CC(C)C)C(=O)O. The van der Waals surface area contributed by atoms with Crippen LogP contribution in [0.25, 0.3) is 0 Å². The normalized spacial score (nSPS) is 12.7. The molecule has 0 radical (unpaired) electrons. The first-order valence-electron chi connectivity index (χ1n) is 8.16. The van der Waals surface area contributed by atoms with Crippen LogP contribution in [0.2, 0.25) is 0 Å². The summed E-state index contributed by atoms with van der Waals surface area (Å²) >= 11 is 0. The molecule has 1 heterocycles. The van der Waals surface area contributed by atoms with E-state index in [4.69, 9.17) is 0 Å². The average Bonchev–Trinajstić information content (AvgIpc) is 2.64. The fourth-order valence-electron chi connectivity index (χ4n) is 2.61. The molecule has 0 aliphatic heterocycles. The van der Waals surface area contributed by atoms with Crippen molar-refractivity contribution in [2.24, 2.45) is 11.8 Å². The number of carbonyl (C=O) groups excluding carboxylic acids is 1. The second kappa shape index (κ2) is 8.13. The van der Waals surface area contributed by atoms with Crippen LogP contribution < -0.4 is 5.32 Å². The standard InChI is InChI=1S/C17H29N3O3/c1-10(2)7-15(17(22)23)18-16(21)8-14-12(5)19-20(13(14)6)9-11(3)4/h10-11,15H,7-9H2,1-6H3,(H,18,21)(H,22,23). The number of carboxylic acid groups (broad SMARTS) is 1. The van der Waals surface area contributed by atoms with Crippen LogP contribution in [-0.2, 0) is 22.6 Å². The van der Waals surface area contributed by atoms with Crippen molar-refractivity contribution in [1.29, 1.82) is 0 Å². The second-order valence-electron chi connectivity index (χ2n) is 6.99. The first-order valence-corrected chi connectivity index (χ1v) is 8.16. The predicted molar refractivity (Wildman–Crippen MR) is 89.3 cm³/mol.